The lowest BCUT2D eigenvalue weighted by atomic mass is 9.51. The number of hydrogen-bond acceptors (Lipinski definition) is 4. The first-order valence-electron chi connectivity index (χ1n) is 15.8. The summed E-state index contributed by atoms with van der Waals surface area (Å²) in [7, 11) is 2.23. The minimum Gasteiger partial charge on any atom is -0.508 e. The summed E-state index contributed by atoms with van der Waals surface area (Å²) in [5, 5.41) is 21.0. The Labute approximate surface area is 240 Å². The number of ether oxygens (including phenoxy) is 1. The molecule has 0 bridgehead atoms. The Bertz CT molecular complexity index is 1110. The van der Waals surface area contributed by atoms with Gasteiger partial charge in [-0.1, -0.05) is 38.0 Å². The van der Waals surface area contributed by atoms with Crippen molar-refractivity contribution in [2.24, 2.45) is 23.2 Å². The van der Waals surface area contributed by atoms with Crippen molar-refractivity contribution in [1.29, 1.82) is 0 Å². The molecule has 2 fully saturated rings. The molecule has 0 unspecified atom stereocenters. The predicted molar refractivity (Wildman–Crippen MR) is 160 cm³/mol. The molecule has 7 atom stereocenters. The lowest BCUT2D eigenvalue weighted by Gasteiger charge is -2.54. The number of nitrogens with zero attached hydrogens (tertiary/aromatic N) is 1. The van der Waals surface area contributed by atoms with Crippen LogP contribution in [0.3, 0.4) is 0 Å². The number of alkyl halides is 1. The van der Waals surface area contributed by atoms with Crippen molar-refractivity contribution in [2.45, 2.75) is 96.2 Å². The van der Waals surface area contributed by atoms with Crippen LogP contribution in [-0.4, -0.2) is 54.1 Å². The summed E-state index contributed by atoms with van der Waals surface area (Å²) in [4.78, 5) is 2.45. The topological polar surface area (TPSA) is 52.9 Å². The Morgan fingerprint density at radius 2 is 1.80 bits per heavy atom. The van der Waals surface area contributed by atoms with E-state index in [1.165, 1.54) is 18.4 Å². The Hall–Kier alpha value is -2.11. The minimum atomic E-state index is -0.929. The number of aromatic hydroxyl groups is 1. The third-order valence-electron chi connectivity index (χ3n) is 10.6. The van der Waals surface area contributed by atoms with E-state index in [0.29, 0.717) is 24.9 Å². The number of phenolic OH excluding ortho intramolecular Hbond substituents is 1. The second-order valence-corrected chi connectivity index (χ2v) is 13.2. The van der Waals surface area contributed by atoms with Gasteiger partial charge < -0.3 is 19.8 Å². The van der Waals surface area contributed by atoms with Crippen LogP contribution in [0.4, 0.5) is 4.39 Å². The highest BCUT2D eigenvalue weighted by Crippen LogP contribution is 2.63. The van der Waals surface area contributed by atoms with Crippen molar-refractivity contribution in [2.75, 3.05) is 26.7 Å². The van der Waals surface area contributed by atoms with Gasteiger partial charge >= 0.3 is 0 Å². The van der Waals surface area contributed by atoms with Gasteiger partial charge in [0.15, 0.2) is 0 Å². The molecule has 0 saturated heterocycles. The van der Waals surface area contributed by atoms with Crippen molar-refractivity contribution in [3.05, 3.63) is 59.2 Å². The molecule has 0 spiro atoms. The van der Waals surface area contributed by atoms with E-state index in [9.17, 15) is 10.2 Å². The molecule has 2 aromatic rings. The average molecular weight is 552 g/mol. The summed E-state index contributed by atoms with van der Waals surface area (Å²) in [6.07, 6.45) is 8.75. The molecule has 5 heteroatoms. The van der Waals surface area contributed by atoms with E-state index >= 15 is 4.39 Å². The molecule has 0 radical (unpaired) electrons. The van der Waals surface area contributed by atoms with Gasteiger partial charge in [-0.05, 0) is 143 Å². The van der Waals surface area contributed by atoms with Crippen LogP contribution in [-0.2, 0) is 12.8 Å². The van der Waals surface area contributed by atoms with E-state index in [1.54, 1.807) is 6.07 Å². The Balaban J connectivity index is 1.12. The third kappa shape index (κ3) is 6.21. The molecular weight excluding hydrogens is 501 g/mol. The van der Waals surface area contributed by atoms with Gasteiger partial charge in [0.05, 0.1) is 12.7 Å². The lowest BCUT2D eigenvalue weighted by molar-refractivity contribution is -0.0722. The zero-order valence-corrected chi connectivity index (χ0v) is 24.8. The summed E-state index contributed by atoms with van der Waals surface area (Å²) in [5.41, 5.74) is 3.31. The predicted octanol–water partition coefficient (Wildman–Crippen LogP) is 7.31. The number of rotatable bonds is 12. The summed E-state index contributed by atoms with van der Waals surface area (Å²) < 4.78 is 21.5. The number of fused-ring (bicyclic) bond motifs is 5. The second-order valence-electron chi connectivity index (χ2n) is 13.2. The number of unbranched alkanes of at least 4 members (excludes halogenated alkanes) is 2. The molecule has 3 aliphatic carbocycles. The molecular formula is C35H50FNO3. The summed E-state index contributed by atoms with van der Waals surface area (Å²) >= 11 is 0. The van der Waals surface area contributed by atoms with Gasteiger partial charge in [-0.25, -0.2) is 4.39 Å². The molecule has 220 valence electrons. The van der Waals surface area contributed by atoms with Crippen LogP contribution in [0.1, 0.15) is 87.8 Å². The lowest BCUT2D eigenvalue weighted by Crippen LogP contribution is -2.51. The molecule has 40 heavy (non-hydrogen) atoms. The number of halogens is 1. The number of aliphatic hydroxyl groups is 1. The fourth-order valence-electron chi connectivity index (χ4n) is 8.58. The quantitative estimate of drug-likeness (QED) is 0.272. The Kier molecular flexibility index (Phi) is 9.42. The smallest absolute Gasteiger partial charge is 0.119 e. The van der Waals surface area contributed by atoms with Crippen LogP contribution >= 0.6 is 0 Å². The maximum absolute atomic E-state index is 15.9. The van der Waals surface area contributed by atoms with Crippen LogP contribution in [0, 0.1) is 23.2 Å². The van der Waals surface area contributed by atoms with Gasteiger partial charge in [0.25, 0.3) is 0 Å². The van der Waals surface area contributed by atoms with Crippen molar-refractivity contribution < 1.29 is 19.3 Å². The minimum absolute atomic E-state index is 0.0979. The van der Waals surface area contributed by atoms with Gasteiger partial charge in [-0.2, -0.15) is 0 Å². The first-order valence-corrected chi connectivity index (χ1v) is 15.8. The Morgan fingerprint density at radius 3 is 2.58 bits per heavy atom. The van der Waals surface area contributed by atoms with E-state index in [-0.39, 0.29) is 29.1 Å². The van der Waals surface area contributed by atoms with E-state index in [0.717, 1.165) is 74.9 Å². The fourth-order valence-corrected chi connectivity index (χ4v) is 8.58. The molecule has 0 aliphatic heterocycles. The molecule has 4 nitrogen and oxygen atoms in total. The van der Waals surface area contributed by atoms with Crippen LogP contribution in [0.25, 0.3) is 0 Å². The molecule has 0 amide bonds. The van der Waals surface area contributed by atoms with Gasteiger partial charge in [0, 0.05) is 5.92 Å². The number of aryl methyl sites for hydroxylation is 1. The monoisotopic (exact) mass is 551 g/mol. The first kappa shape index (κ1) is 29.4. The van der Waals surface area contributed by atoms with Gasteiger partial charge in [0.2, 0.25) is 0 Å². The second kappa shape index (κ2) is 12.8. The summed E-state index contributed by atoms with van der Waals surface area (Å²) in [5.74, 6) is 2.21. The number of phenols is 1. The number of benzene rings is 2. The van der Waals surface area contributed by atoms with Crippen molar-refractivity contribution in [1.82, 2.24) is 4.90 Å². The van der Waals surface area contributed by atoms with Crippen LogP contribution < -0.4 is 4.74 Å². The summed E-state index contributed by atoms with van der Waals surface area (Å²) in [6, 6.07) is 14.1. The molecule has 2 N–H and O–H groups in total. The highest BCUT2D eigenvalue weighted by Gasteiger charge is 2.59. The maximum atomic E-state index is 15.9. The molecule has 0 heterocycles. The van der Waals surface area contributed by atoms with Crippen LogP contribution in [0.2, 0.25) is 0 Å². The summed E-state index contributed by atoms with van der Waals surface area (Å²) in [6.45, 7) is 7.06. The van der Waals surface area contributed by atoms with Crippen LogP contribution in [0.5, 0.6) is 11.5 Å². The highest BCUT2D eigenvalue weighted by atomic mass is 19.1. The van der Waals surface area contributed by atoms with E-state index < -0.39 is 6.17 Å². The largest absolute Gasteiger partial charge is 0.508 e. The zero-order chi connectivity index (χ0) is 28.3. The molecule has 2 saturated carbocycles. The first-order chi connectivity index (χ1) is 19.3. The van der Waals surface area contributed by atoms with Crippen LogP contribution in [0.15, 0.2) is 42.5 Å². The highest BCUT2D eigenvalue weighted by molar-refractivity contribution is 5.41. The maximum Gasteiger partial charge on any atom is 0.119 e. The van der Waals surface area contributed by atoms with Crippen molar-refractivity contribution >= 4 is 0 Å². The number of aliphatic hydroxyl groups excluding tert-OH is 1. The molecule has 0 aromatic heterocycles. The van der Waals surface area contributed by atoms with Crippen molar-refractivity contribution in [3.8, 4) is 11.5 Å². The zero-order valence-electron chi connectivity index (χ0n) is 24.8. The molecule has 3 aliphatic rings. The van der Waals surface area contributed by atoms with Gasteiger partial charge in [-0.3, -0.25) is 0 Å². The number of hydrogen-bond donors (Lipinski definition) is 2. The normalized spacial score (nSPS) is 31.1. The van der Waals surface area contributed by atoms with E-state index in [4.69, 9.17) is 4.74 Å². The average Bonchev–Trinajstić information content (AvgIpc) is 3.22. The Morgan fingerprint density at radius 1 is 1.02 bits per heavy atom. The SMILES string of the molecule is CCOc1ccc(CCCN(C)CCCCC[C@@H]2Cc3cc(O)ccc3[C@@H]3[C@@H]2[C@@H]2CC[C@H](O)[C@@]2(C)C[C@@H]3F)cc1. The van der Waals surface area contributed by atoms with E-state index in [2.05, 4.69) is 43.1 Å². The van der Waals surface area contributed by atoms with Gasteiger partial charge in [0.1, 0.15) is 17.7 Å². The standard InChI is InChI=1S/C35H50FNO3/c1-4-40-28-14-11-24(12-15-28)9-8-20-37(3)19-7-5-6-10-25-21-26-22-27(38)13-16-29(26)34-31(36)23-35(2)30(33(25)34)17-18-32(35)39/h11-16,22,25,30-34,38-39H,4-10,17-21,23H2,1-3H3/t25-,30+,31+,32+,33+,34+,35+/m1/s1. The third-order valence-corrected chi connectivity index (χ3v) is 10.6. The van der Waals surface area contributed by atoms with Gasteiger partial charge in [-0.15, -0.1) is 0 Å². The fraction of sp³-hybridized carbons (Fsp3) is 0.657. The molecule has 2 aromatic carbocycles. The van der Waals surface area contributed by atoms with E-state index in [1.807, 2.05) is 19.1 Å². The molecule has 5 rings (SSSR count). The van der Waals surface area contributed by atoms with Crippen molar-refractivity contribution in [3.63, 3.8) is 0 Å².